The number of amides is 2. The van der Waals surface area contributed by atoms with Crippen LogP contribution in [0.2, 0.25) is 0 Å². The van der Waals surface area contributed by atoms with E-state index in [1.165, 1.54) is 5.56 Å². The Kier molecular flexibility index (Phi) is 4.66. The first-order valence-electron chi connectivity index (χ1n) is 8.75. The molecule has 138 valence electrons. The number of fused-ring (bicyclic) bond motifs is 1. The van der Waals surface area contributed by atoms with E-state index in [0.717, 1.165) is 41.7 Å². The molecule has 2 aromatic rings. The molecule has 0 aromatic heterocycles. The lowest BCUT2D eigenvalue weighted by Crippen LogP contribution is -2.42. The number of rotatable bonds is 4. The molecule has 2 heterocycles. The van der Waals surface area contributed by atoms with Crippen molar-refractivity contribution < 1.29 is 19.1 Å². The van der Waals surface area contributed by atoms with Crippen LogP contribution < -0.4 is 14.8 Å². The number of carbonyl (C=O) groups is 2. The van der Waals surface area contributed by atoms with E-state index in [1.807, 2.05) is 42.5 Å². The molecule has 0 bridgehead atoms. The molecule has 2 aliphatic rings. The minimum atomic E-state index is -0.367. The zero-order valence-electron chi connectivity index (χ0n) is 14.9. The number of aryl methyl sites for hydroxylation is 1. The number of hydrogen-bond acceptors (Lipinski definition) is 5. The Bertz CT molecular complexity index is 922. The van der Waals surface area contributed by atoms with Gasteiger partial charge in [0.05, 0.1) is 4.91 Å². The highest BCUT2D eigenvalue weighted by Gasteiger charge is 2.32. The van der Waals surface area contributed by atoms with Gasteiger partial charge in [-0.15, -0.1) is 0 Å². The summed E-state index contributed by atoms with van der Waals surface area (Å²) in [7, 11) is 0. The molecule has 0 radical (unpaired) electrons. The van der Waals surface area contributed by atoms with Gasteiger partial charge in [0.2, 0.25) is 0 Å². The molecule has 0 aliphatic carbocycles. The van der Waals surface area contributed by atoms with Crippen molar-refractivity contribution >= 4 is 29.0 Å². The first-order chi connectivity index (χ1) is 13.0. The Labute approximate surface area is 161 Å². The first-order valence-corrected chi connectivity index (χ1v) is 9.57. The van der Waals surface area contributed by atoms with Crippen molar-refractivity contribution in [1.29, 1.82) is 0 Å². The van der Waals surface area contributed by atoms with Crippen molar-refractivity contribution in [2.75, 3.05) is 6.61 Å². The van der Waals surface area contributed by atoms with Gasteiger partial charge in [-0.05, 0) is 66.9 Å². The molecule has 6 heteroatoms. The van der Waals surface area contributed by atoms with Gasteiger partial charge in [0, 0.05) is 0 Å². The lowest BCUT2D eigenvalue weighted by atomic mass is 9.93. The summed E-state index contributed by atoms with van der Waals surface area (Å²) in [4.78, 5) is 23.2. The average molecular weight is 381 g/mol. The molecule has 1 unspecified atom stereocenters. The van der Waals surface area contributed by atoms with Crippen LogP contribution in [-0.4, -0.2) is 23.4 Å². The Hall–Kier alpha value is -2.73. The lowest BCUT2D eigenvalue weighted by Gasteiger charge is -2.35. The predicted molar refractivity (Wildman–Crippen MR) is 105 cm³/mol. The zero-order valence-corrected chi connectivity index (χ0v) is 15.7. The van der Waals surface area contributed by atoms with Gasteiger partial charge in [0.15, 0.2) is 0 Å². The van der Waals surface area contributed by atoms with Crippen LogP contribution in [0.5, 0.6) is 11.5 Å². The molecule has 1 fully saturated rings. The molecule has 2 aliphatic heterocycles. The number of ether oxygens (including phenoxy) is 2. The first kappa shape index (κ1) is 17.7. The monoisotopic (exact) mass is 381 g/mol. The molecule has 1 atom stereocenters. The van der Waals surface area contributed by atoms with E-state index in [-0.39, 0.29) is 16.7 Å². The van der Waals surface area contributed by atoms with E-state index in [4.69, 9.17) is 9.47 Å². The number of carbonyl (C=O) groups excluding carboxylic acids is 2. The van der Waals surface area contributed by atoms with Crippen LogP contribution in [0.3, 0.4) is 0 Å². The molecule has 0 saturated carbocycles. The third-order valence-electron chi connectivity index (χ3n) is 4.62. The summed E-state index contributed by atoms with van der Waals surface area (Å²) in [5, 5.41) is 1.91. The number of nitrogens with one attached hydrogen (secondary N) is 1. The van der Waals surface area contributed by atoms with Crippen LogP contribution in [0.4, 0.5) is 4.79 Å². The number of benzene rings is 2. The summed E-state index contributed by atoms with van der Waals surface area (Å²) in [6.07, 6.45) is 3.56. The molecule has 2 amide bonds. The predicted octanol–water partition coefficient (Wildman–Crippen LogP) is 4.17. The second kappa shape index (κ2) is 7.12. The molecular weight excluding hydrogens is 362 g/mol. The Balaban J connectivity index is 1.39. The number of thioether (sulfide) groups is 1. The highest BCUT2D eigenvalue weighted by atomic mass is 32.2. The van der Waals surface area contributed by atoms with Gasteiger partial charge in [0.25, 0.3) is 11.1 Å². The van der Waals surface area contributed by atoms with Crippen molar-refractivity contribution in [3.8, 4) is 11.5 Å². The van der Waals surface area contributed by atoms with Crippen LogP contribution >= 0.6 is 11.8 Å². The molecule has 0 spiro atoms. The van der Waals surface area contributed by atoms with Gasteiger partial charge < -0.3 is 9.47 Å². The molecule has 1 N–H and O–H groups in total. The van der Waals surface area contributed by atoms with Gasteiger partial charge in [-0.1, -0.05) is 30.3 Å². The SMILES string of the molecule is CC1(COc2ccc(C=C3SC(=O)NC3=O)cc2)CCc2ccccc2O1. The van der Waals surface area contributed by atoms with Crippen molar-refractivity contribution in [2.24, 2.45) is 0 Å². The molecule has 4 rings (SSSR count). The summed E-state index contributed by atoms with van der Waals surface area (Å²) >= 11 is 0.909. The zero-order chi connectivity index (χ0) is 18.9. The smallest absolute Gasteiger partial charge is 0.290 e. The summed E-state index contributed by atoms with van der Waals surface area (Å²) < 4.78 is 12.1. The van der Waals surface area contributed by atoms with Gasteiger partial charge in [-0.25, -0.2) is 0 Å². The maximum Gasteiger partial charge on any atom is 0.290 e. The van der Waals surface area contributed by atoms with Gasteiger partial charge >= 0.3 is 0 Å². The summed E-state index contributed by atoms with van der Waals surface area (Å²) in [6, 6.07) is 15.5. The summed E-state index contributed by atoms with van der Waals surface area (Å²) in [5.74, 6) is 1.31. The van der Waals surface area contributed by atoms with Crippen molar-refractivity contribution in [1.82, 2.24) is 5.32 Å². The maximum atomic E-state index is 11.6. The summed E-state index contributed by atoms with van der Waals surface area (Å²) in [6.45, 7) is 2.52. The fraction of sp³-hybridized carbons (Fsp3) is 0.238. The average Bonchev–Trinajstić information content (AvgIpc) is 2.98. The number of imide groups is 1. The quantitative estimate of drug-likeness (QED) is 0.805. The van der Waals surface area contributed by atoms with Gasteiger partial charge in [-0.3, -0.25) is 14.9 Å². The number of hydrogen-bond donors (Lipinski definition) is 1. The fourth-order valence-corrected chi connectivity index (χ4v) is 3.78. The van der Waals surface area contributed by atoms with Crippen LogP contribution in [0, 0.1) is 0 Å². The van der Waals surface area contributed by atoms with E-state index >= 15 is 0 Å². The van der Waals surface area contributed by atoms with E-state index in [2.05, 4.69) is 18.3 Å². The van der Waals surface area contributed by atoms with Crippen LogP contribution in [-0.2, 0) is 11.2 Å². The minimum absolute atomic E-state index is 0.339. The maximum absolute atomic E-state index is 11.6. The summed E-state index contributed by atoms with van der Waals surface area (Å²) in [5.41, 5.74) is 1.71. The van der Waals surface area contributed by atoms with Gasteiger partial charge in [-0.2, -0.15) is 0 Å². The lowest BCUT2D eigenvalue weighted by molar-refractivity contribution is -0.115. The second-order valence-corrected chi connectivity index (χ2v) is 7.88. The molecule has 1 saturated heterocycles. The largest absolute Gasteiger partial charge is 0.489 e. The Morgan fingerprint density at radius 3 is 2.70 bits per heavy atom. The van der Waals surface area contributed by atoms with Crippen molar-refractivity contribution in [3.05, 3.63) is 64.6 Å². The van der Waals surface area contributed by atoms with Crippen molar-refractivity contribution in [2.45, 2.75) is 25.4 Å². The standard InChI is InChI=1S/C21H19NO4S/c1-21(11-10-15-4-2-3-5-17(15)26-21)13-25-16-8-6-14(7-9-16)12-18-19(23)22-20(24)27-18/h2-9,12H,10-11,13H2,1H3,(H,22,23,24). The van der Waals surface area contributed by atoms with Crippen LogP contribution in [0.15, 0.2) is 53.4 Å². The highest BCUT2D eigenvalue weighted by molar-refractivity contribution is 8.18. The minimum Gasteiger partial charge on any atom is -0.489 e. The normalized spacial score (nSPS) is 22.9. The van der Waals surface area contributed by atoms with Crippen LogP contribution in [0.25, 0.3) is 6.08 Å². The fourth-order valence-electron chi connectivity index (χ4n) is 3.10. The Morgan fingerprint density at radius 2 is 1.96 bits per heavy atom. The third-order valence-corrected chi connectivity index (χ3v) is 5.43. The van der Waals surface area contributed by atoms with E-state index in [0.29, 0.717) is 11.5 Å². The van der Waals surface area contributed by atoms with E-state index < -0.39 is 0 Å². The molecule has 27 heavy (non-hydrogen) atoms. The van der Waals surface area contributed by atoms with Crippen molar-refractivity contribution in [3.63, 3.8) is 0 Å². The van der Waals surface area contributed by atoms with E-state index in [9.17, 15) is 9.59 Å². The second-order valence-electron chi connectivity index (χ2n) is 6.87. The number of para-hydroxylation sites is 1. The molecular formula is C21H19NO4S. The Morgan fingerprint density at radius 1 is 1.19 bits per heavy atom. The highest BCUT2D eigenvalue weighted by Crippen LogP contribution is 2.33. The van der Waals surface area contributed by atoms with Gasteiger partial charge in [0.1, 0.15) is 23.7 Å². The molecule has 2 aromatic carbocycles. The third kappa shape index (κ3) is 4.01. The van der Waals surface area contributed by atoms with Crippen LogP contribution in [0.1, 0.15) is 24.5 Å². The van der Waals surface area contributed by atoms with E-state index in [1.54, 1.807) is 6.08 Å². The molecule has 5 nitrogen and oxygen atoms in total. The topological polar surface area (TPSA) is 64.6 Å².